The molecule has 1 aliphatic heterocycles. The molecule has 0 fully saturated rings. The van der Waals surface area contributed by atoms with Gasteiger partial charge in [-0.15, -0.1) is 5.53 Å². The van der Waals surface area contributed by atoms with Crippen LogP contribution in [0.3, 0.4) is 0 Å². The number of hydrogen-bond donors (Lipinski definition) is 2. The monoisotopic (exact) mass is 306 g/mol. The third kappa shape index (κ3) is 2.41. The van der Waals surface area contributed by atoms with E-state index in [-0.39, 0.29) is 0 Å². The van der Waals surface area contributed by atoms with Gasteiger partial charge in [-0.1, -0.05) is 41.4 Å². The van der Waals surface area contributed by atoms with Gasteiger partial charge in [-0.25, -0.2) is 5.01 Å². The van der Waals surface area contributed by atoms with Crippen LogP contribution in [0, 0.1) is 0 Å². The van der Waals surface area contributed by atoms with Crippen molar-refractivity contribution in [3.63, 3.8) is 0 Å². The van der Waals surface area contributed by atoms with Crippen LogP contribution in [0.25, 0.3) is 0 Å². The fraction of sp³-hybridized carbons (Fsp3) is 0. The fourth-order valence-electron chi connectivity index (χ4n) is 1.96. The van der Waals surface area contributed by atoms with Crippen LogP contribution >= 0.6 is 23.2 Å². The number of nitrogens with two attached hydrogens (primary N) is 1. The summed E-state index contributed by atoms with van der Waals surface area (Å²) in [5.74, 6) is 0.540. The lowest BCUT2D eigenvalue weighted by Crippen LogP contribution is -2.42. The van der Waals surface area contributed by atoms with Gasteiger partial charge in [0, 0.05) is 5.02 Å². The van der Waals surface area contributed by atoms with Gasteiger partial charge in [0.05, 0.1) is 22.6 Å². The maximum absolute atomic E-state index is 6.20. The van der Waals surface area contributed by atoms with E-state index in [1.165, 1.54) is 0 Å². The van der Waals surface area contributed by atoms with Crippen LogP contribution in [-0.2, 0) is 0 Å². The predicted molar refractivity (Wildman–Crippen MR) is 83.3 cm³/mol. The van der Waals surface area contributed by atoms with Gasteiger partial charge in [0.2, 0.25) is 0 Å². The minimum atomic E-state index is 0.524. The van der Waals surface area contributed by atoms with Gasteiger partial charge in [-0.3, -0.25) is 5.01 Å². The summed E-state index contributed by atoms with van der Waals surface area (Å²) in [7, 11) is 0. The Balaban J connectivity index is 1.89. The third-order valence-electron chi connectivity index (χ3n) is 2.91. The van der Waals surface area contributed by atoms with E-state index < -0.39 is 0 Å². The molecule has 6 heteroatoms. The van der Waals surface area contributed by atoms with Crippen LogP contribution in [-0.4, -0.2) is 0 Å². The summed E-state index contributed by atoms with van der Waals surface area (Å²) in [4.78, 5) is 0. The van der Waals surface area contributed by atoms with E-state index in [0.29, 0.717) is 15.9 Å². The highest BCUT2D eigenvalue weighted by atomic mass is 35.5. The zero-order chi connectivity index (χ0) is 14.1. The van der Waals surface area contributed by atoms with Gasteiger partial charge in [0.25, 0.3) is 0 Å². The first-order chi connectivity index (χ1) is 9.65. The van der Waals surface area contributed by atoms with Gasteiger partial charge < -0.3 is 5.73 Å². The van der Waals surface area contributed by atoms with Crippen LogP contribution in [0.4, 0.5) is 11.4 Å². The minimum Gasteiger partial charge on any atom is -0.383 e. The molecule has 20 heavy (non-hydrogen) atoms. The largest absolute Gasteiger partial charge is 0.383 e. The van der Waals surface area contributed by atoms with E-state index in [1.54, 1.807) is 23.3 Å². The van der Waals surface area contributed by atoms with Gasteiger partial charge in [0.15, 0.2) is 0 Å². The summed E-state index contributed by atoms with van der Waals surface area (Å²) in [5.41, 5.74) is 10.9. The number of nitrogens with zero attached hydrogens (tertiary/aromatic N) is 2. The molecule has 2 aromatic carbocycles. The molecule has 0 saturated carbocycles. The van der Waals surface area contributed by atoms with E-state index in [9.17, 15) is 0 Å². The van der Waals surface area contributed by atoms with Crippen molar-refractivity contribution >= 4 is 34.6 Å². The van der Waals surface area contributed by atoms with Crippen molar-refractivity contribution in [2.45, 2.75) is 0 Å². The second-order valence-electron chi connectivity index (χ2n) is 4.29. The van der Waals surface area contributed by atoms with Crippen molar-refractivity contribution in [2.24, 2.45) is 5.73 Å². The number of nitrogens with one attached hydrogen (secondary N) is 1. The molecule has 0 saturated heterocycles. The Hall–Kier alpha value is -1.88. The van der Waals surface area contributed by atoms with Gasteiger partial charge in [-0.05, 0) is 30.3 Å². The van der Waals surface area contributed by atoms with Crippen LogP contribution < -0.4 is 21.3 Å². The van der Waals surface area contributed by atoms with E-state index in [4.69, 9.17) is 28.9 Å². The zero-order valence-corrected chi connectivity index (χ0v) is 11.9. The summed E-state index contributed by atoms with van der Waals surface area (Å²) in [6.45, 7) is 0. The molecular formula is C14H12Cl2N4. The first-order valence-electron chi connectivity index (χ1n) is 5.98. The van der Waals surface area contributed by atoms with Gasteiger partial charge in [-0.2, -0.15) is 0 Å². The molecule has 0 radical (unpaired) electrons. The van der Waals surface area contributed by atoms with E-state index in [1.807, 2.05) is 41.4 Å². The van der Waals surface area contributed by atoms with Crippen LogP contribution in [0.2, 0.25) is 10.0 Å². The third-order valence-corrected chi connectivity index (χ3v) is 3.45. The molecule has 3 rings (SSSR count). The second-order valence-corrected chi connectivity index (χ2v) is 5.13. The van der Waals surface area contributed by atoms with Crippen LogP contribution in [0.1, 0.15) is 0 Å². The van der Waals surface area contributed by atoms with Crippen LogP contribution in [0.15, 0.2) is 60.6 Å². The maximum atomic E-state index is 6.20. The smallest absolute Gasteiger partial charge is 0.138 e. The number of para-hydroxylation sites is 1. The standard InChI is InChI=1S/C14H12Cl2N4/c15-10-6-7-13(12(16)8-10)20-14(17)9-19(18-20)11-4-2-1-3-5-11/h1-9,18H,17H2. The lowest BCUT2D eigenvalue weighted by molar-refractivity contribution is 0.738. The summed E-state index contributed by atoms with van der Waals surface area (Å²) < 4.78 is 0. The van der Waals surface area contributed by atoms with Gasteiger partial charge in [0.1, 0.15) is 5.82 Å². The molecule has 0 atom stereocenters. The number of benzene rings is 2. The summed E-state index contributed by atoms with van der Waals surface area (Å²) in [6, 6.07) is 15.1. The Morgan fingerprint density at radius 2 is 1.75 bits per heavy atom. The lowest BCUT2D eigenvalue weighted by Gasteiger charge is -2.24. The molecule has 3 N–H and O–H groups in total. The van der Waals surface area contributed by atoms with Crippen molar-refractivity contribution in [1.29, 1.82) is 0 Å². The quantitative estimate of drug-likeness (QED) is 0.891. The van der Waals surface area contributed by atoms with E-state index >= 15 is 0 Å². The molecule has 0 bridgehead atoms. The molecule has 0 spiro atoms. The average molecular weight is 307 g/mol. The number of hydrogen-bond acceptors (Lipinski definition) is 4. The van der Waals surface area contributed by atoms with Crippen molar-refractivity contribution in [1.82, 2.24) is 5.53 Å². The predicted octanol–water partition coefficient (Wildman–Crippen LogP) is 3.50. The second kappa shape index (κ2) is 5.25. The molecule has 0 amide bonds. The molecule has 0 aromatic heterocycles. The summed E-state index contributed by atoms with van der Waals surface area (Å²) in [6.07, 6.45) is 1.79. The molecule has 2 aromatic rings. The first-order valence-corrected chi connectivity index (χ1v) is 6.74. The SMILES string of the molecule is NC1=CN(c2ccccc2)NN1c1ccc(Cl)cc1Cl. The minimum absolute atomic E-state index is 0.524. The zero-order valence-electron chi connectivity index (χ0n) is 10.4. The van der Waals surface area contributed by atoms with Crippen molar-refractivity contribution in [3.8, 4) is 0 Å². The Morgan fingerprint density at radius 3 is 2.45 bits per heavy atom. The highest BCUT2D eigenvalue weighted by molar-refractivity contribution is 6.36. The topological polar surface area (TPSA) is 44.5 Å². The number of anilines is 2. The lowest BCUT2D eigenvalue weighted by atomic mass is 10.3. The fourth-order valence-corrected chi connectivity index (χ4v) is 2.45. The molecule has 0 aliphatic carbocycles. The molecular weight excluding hydrogens is 295 g/mol. The average Bonchev–Trinajstić information content (AvgIpc) is 2.82. The summed E-state index contributed by atoms with van der Waals surface area (Å²) >= 11 is 12.1. The Bertz CT molecular complexity index is 657. The normalized spacial score (nSPS) is 14.6. The molecule has 1 heterocycles. The Morgan fingerprint density at radius 1 is 1.00 bits per heavy atom. The van der Waals surface area contributed by atoms with Crippen LogP contribution in [0.5, 0.6) is 0 Å². The maximum Gasteiger partial charge on any atom is 0.138 e. The van der Waals surface area contributed by atoms with E-state index in [0.717, 1.165) is 11.4 Å². The van der Waals surface area contributed by atoms with Crippen molar-refractivity contribution < 1.29 is 0 Å². The number of rotatable bonds is 2. The van der Waals surface area contributed by atoms with E-state index in [2.05, 4.69) is 5.53 Å². The Kier molecular flexibility index (Phi) is 3.44. The van der Waals surface area contributed by atoms with Gasteiger partial charge >= 0.3 is 0 Å². The number of halogens is 2. The number of hydrazine groups is 2. The molecule has 102 valence electrons. The molecule has 0 unspecified atom stereocenters. The Labute approximate surface area is 126 Å². The first kappa shape index (κ1) is 13.1. The van der Waals surface area contributed by atoms with Crippen molar-refractivity contribution in [2.75, 3.05) is 10.0 Å². The highest BCUT2D eigenvalue weighted by Gasteiger charge is 2.22. The highest BCUT2D eigenvalue weighted by Crippen LogP contribution is 2.31. The summed E-state index contributed by atoms with van der Waals surface area (Å²) in [5, 5.41) is 4.63. The van der Waals surface area contributed by atoms with Crippen molar-refractivity contribution in [3.05, 3.63) is 70.6 Å². The molecule has 4 nitrogen and oxygen atoms in total. The molecule has 1 aliphatic rings.